The number of aryl methyl sites for hydroxylation is 1. The molecule has 0 atom stereocenters. The summed E-state index contributed by atoms with van der Waals surface area (Å²) < 4.78 is 5.98. The molecule has 31 heavy (non-hydrogen) atoms. The van der Waals surface area contributed by atoms with Crippen LogP contribution in [0, 0.1) is 0 Å². The van der Waals surface area contributed by atoms with Crippen LogP contribution < -0.4 is 9.84 Å². The lowest BCUT2D eigenvalue weighted by Crippen LogP contribution is -2.22. The van der Waals surface area contributed by atoms with Crippen molar-refractivity contribution in [1.29, 1.82) is 0 Å². The first-order valence-electron chi connectivity index (χ1n) is 10.3. The Bertz CT molecular complexity index is 1170. The molecular formula is C28H23O3-. The van der Waals surface area contributed by atoms with Crippen LogP contribution in [0.1, 0.15) is 17.5 Å². The van der Waals surface area contributed by atoms with Gasteiger partial charge in [0.05, 0.1) is 0 Å². The van der Waals surface area contributed by atoms with Crippen molar-refractivity contribution in [2.45, 2.75) is 19.4 Å². The van der Waals surface area contributed by atoms with E-state index >= 15 is 0 Å². The summed E-state index contributed by atoms with van der Waals surface area (Å²) in [5.74, 6) is -0.191. The number of hydrogen-bond donors (Lipinski definition) is 0. The van der Waals surface area contributed by atoms with Crippen molar-refractivity contribution in [1.82, 2.24) is 0 Å². The molecule has 0 fully saturated rings. The average Bonchev–Trinajstić information content (AvgIpc) is 2.82. The SMILES string of the molecule is O=C([O-])CCc1ccccc1-c1cccc(-c2ccccc2COc2ccccc2)c1. The van der Waals surface area contributed by atoms with Crippen LogP contribution in [0.15, 0.2) is 103 Å². The molecule has 3 heteroatoms. The summed E-state index contributed by atoms with van der Waals surface area (Å²) in [6, 6.07) is 34.3. The second-order valence-corrected chi connectivity index (χ2v) is 7.37. The Morgan fingerprint density at radius 2 is 1.26 bits per heavy atom. The maximum Gasteiger partial charge on any atom is 0.119 e. The lowest BCUT2D eigenvalue weighted by atomic mass is 9.93. The Morgan fingerprint density at radius 1 is 0.677 bits per heavy atom. The number of para-hydroxylation sites is 1. The number of carboxylic acids is 1. The number of hydrogen-bond acceptors (Lipinski definition) is 3. The molecular weight excluding hydrogens is 384 g/mol. The molecule has 0 aromatic heterocycles. The highest BCUT2D eigenvalue weighted by atomic mass is 16.5. The van der Waals surface area contributed by atoms with Crippen molar-refractivity contribution in [3.63, 3.8) is 0 Å². The van der Waals surface area contributed by atoms with Crippen LogP contribution in [0.2, 0.25) is 0 Å². The van der Waals surface area contributed by atoms with Crippen LogP contribution in [-0.2, 0) is 17.8 Å². The fraction of sp³-hybridized carbons (Fsp3) is 0.107. The van der Waals surface area contributed by atoms with E-state index in [0.29, 0.717) is 13.0 Å². The standard InChI is InChI=1S/C28H24O3/c29-28(30)18-17-21-9-4-6-15-26(21)22-11-8-12-23(19-22)27-16-7-5-10-24(27)20-31-25-13-2-1-3-14-25/h1-16,19H,17-18,20H2,(H,29,30)/p-1. The van der Waals surface area contributed by atoms with E-state index in [4.69, 9.17) is 4.74 Å². The number of carboxylic acid groups (broad SMARTS) is 1. The third-order valence-electron chi connectivity index (χ3n) is 5.26. The van der Waals surface area contributed by atoms with Gasteiger partial charge in [-0.15, -0.1) is 0 Å². The predicted molar refractivity (Wildman–Crippen MR) is 121 cm³/mol. The van der Waals surface area contributed by atoms with Crippen LogP contribution >= 0.6 is 0 Å². The first-order valence-corrected chi connectivity index (χ1v) is 10.3. The van der Waals surface area contributed by atoms with E-state index in [2.05, 4.69) is 30.3 Å². The largest absolute Gasteiger partial charge is 0.550 e. The molecule has 0 spiro atoms. The van der Waals surface area contributed by atoms with Gasteiger partial charge >= 0.3 is 0 Å². The van der Waals surface area contributed by atoms with Crippen molar-refractivity contribution >= 4 is 5.97 Å². The van der Waals surface area contributed by atoms with Gasteiger partial charge < -0.3 is 14.6 Å². The van der Waals surface area contributed by atoms with Gasteiger partial charge in [0, 0.05) is 5.97 Å². The maximum absolute atomic E-state index is 10.9. The minimum atomic E-state index is -1.03. The van der Waals surface area contributed by atoms with Gasteiger partial charge in [-0.2, -0.15) is 0 Å². The number of aliphatic carboxylic acids is 1. The smallest absolute Gasteiger partial charge is 0.119 e. The summed E-state index contributed by atoms with van der Waals surface area (Å²) in [7, 11) is 0. The van der Waals surface area contributed by atoms with Gasteiger partial charge in [-0.3, -0.25) is 0 Å². The zero-order chi connectivity index (χ0) is 21.5. The highest BCUT2D eigenvalue weighted by Gasteiger charge is 2.09. The molecule has 0 radical (unpaired) electrons. The summed E-state index contributed by atoms with van der Waals surface area (Å²) in [6.45, 7) is 0.479. The van der Waals surface area contributed by atoms with Crippen molar-refractivity contribution < 1.29 is 14.6 Å². The van der Waals surface area contributed by atoms with Gasteiger partial charge in [-0.25, -0.2) is 0 Å². The van der Waals surface area contributed by atoms with Crippen molar-refractivity contribution in [3.8, 4) is 28.0 Å². The molecule has 0 bridgehead atoms. The zero-order valence-electron chi connectivity index (χ0n) is 17.2. The van der Waals surface area contributed by atoms with Gasteiger partial charge in [-0.1, -0.05) is 84.9 Å². The summed E-state index contributed by atoms with van der Waals surface area (Å²) in [5.41, 5.74) is 6.43. The molecule has 0 unspecified atom stereocenters. The molecule has 0 heterocycles. The average molecular weight is 407 g/mol. The van der Waals surface area contributed by atoms with Crippen molar-refractivity contribution in [2.24, 2.45) is 0 Å². The molecule has 0 aliphatic rings. The Morgan fingerprint density at radius 3 is 1.94 bits per heavy atom. The molecule has 4 aromatic rings. The Balaban J connectivity index is 1.63. The topological polar surface area (TPSA) is 49.4 Å². The molecule has 4 rings (SSSR count). The van der Waals surface area contributed by atoms with E-state index in [9.17, 15) is 9.90 Å². The second-order valence-electron chi connectivity index (χ2n) is 7.37. The summed E-state index contributed by atoms with van der Waals surface area (Å²) in [4.78, 5) is 10.9. The first kappa shape index (κ1) is 20.4. The van der Waals surface area contributed by atoms with Gasteiger partial charge in [0.2, 0.25) is 0 Å². The highest BCUT2D eigenvalue weighted by Crippen LogP contribution is 2.31. The zero-order valence-corrected chi connectivity index (χ0v) is 17.2. The quantitative estimate of drug-likeness (QED) is 0.399. The van der Waals surface area contributed by atoms with Crippen LogP contribution in [0.4, 0.5) is 0 Å². The number of carbonyl (C=O) groups excluding carboxylic acids is 1. The highest BCUT2D eigenvalue weighted by molar-refractivity contribution is 5.76. The monoisotopic (exact) mass is 407 g/mol. The van der Waals surface area contributed by atoms with Crippen molar-refractivity contribution in [2.75, 3.05) is 0 Å². The van der Waals surface area contributed by atoms with E-state index < -0.39 is 5.97 Å². The Hall–Kier alpha value is -3.85. The van der Waals surface area contributed by atoms with Crippen LogP contribution in [0.5, 0.6) is 5.75 Å². The molecule has 0 amide bonds. The van der Waals surface area contributed by atoms with Crippen LogP contribution in [0.25, 0.3) is 22.3 Å². The van der Waals surface area contributed by atoms with E-state index in [1.807, 2.05) is 72.8 Å². The first-order chi connectivity index (χ1) is 15.2. The molecule has 0 aliphatic heterocycles. The van der Waals surface area contributed by atoms with E-state index in [0.717, 1.165) is 39.1 Å². The fourth-order valence-electron chi connectivity index (χ4n) is 3.72. The summed E-state index contributed by atoms with van der Waals surface area (Å²) >= 11 is 0. The molecule has 3 nitrogen and oxygen atoms in total. The summed E-state index contributed by atoms with van der Waals surface area (Å²) in [5, 5.41) is 10.9. The van der Waals surface area contributed by atoms with Crippen LogP contribution in [-0.4, -0.2) is 5.97 Å². The minimum absolute atomic E-state index is 0.0103. The van der Waals surface area contributed by atoms with E-state index in [1.165, 1.54) is 0 Å². The molecule has 0 saturated heterocycles. The van der Waals surface area contributed by atoms with E-state index in [1.54, 1.807) is 0 Å². The lowest BCUT2D eigenvalue weighted by Gasteiger charge is -2.14. The Labute approximate surface area is 182 Å². The van der Waals surface area contributed by atoms with Crippen LogP contribution in [0.3, 0.4) is 0 Å². The van der Waals surface area contributed by atoms with Gasteiger partial charge in [-0.05, 0) is 64.4 Å². The summed E-state index contributed by atoms with van der Waals surface area (Å²) in [6.07, 6.45) is 0.459. The Kier molecular flexibility index (Phi) is 6.44. The van der Waals surface area contributed by atoms with Gasteiger partial charge in [0.25, 0.3) is 0 Å². The van der Waals surface area contributed by atoms with Gasteiger partial charge in [0.15, 0.2) is 0 Å². The third kappa shape index (κ3) is 5.20. The predicted octanol–water partition coefficient (Wildman–Crippen LogP) is 5.28. The van der Waals surface area contributed by atoms with Gasteiger partial charge in [0.1, 0.15) is 12.4 Å². The second kappa shape index (κ2) is 9.77. The number of carbonyl (C=O) groups is 1. The fourth-order valence-corrected chi connectivity index (χ4v) is 3.72. The number of rotatable bonds is 8. The molecule has 4 aromatic carbocycles. The molecule has 0 saturated carbocycles. The van der Waals surface area contributed by atoms with Crippen molar-refractivity contribution in [3.05, 3.63) is 114 Å². The molecule has 154 valence electrons. The lowest BCUT2D eigenvalue weighted by molar-refractivity contribution is -0.305. The molecule has 0 N–H and O–H groups in total. The maximum atomic E-state index is 10.9. The normalized spacial score (nSPS) is 10.6. The minimum Gasteiger partial charge on any atom is -0.550 e. The third-order valence-corrected chi connectivity index (χ3v) is 5.26. The number of ether oxygens (including phenoxy) is 1. The molecule has 0 aliphatic carbocycles. The van der Waals surface area contributed by atoms with E-state index in [-0.39, 0.29) is 6.42 Å². The number of benzene rings is 4.